The van der Waals surface area contributed by atoms with E-state index in [4.69, 9.17) is 10.5 Å². The summed E-state index contributed by atoms with van der Waals surface area (Å²) in [4.78, 5) is 12.0. The van der Waals surface area contributed by atoms with Crippen molar-refractivity contribution in [3.8, 4) is 0 Å². The van der Waals surface area contributed by atoms with E-state index in [0.29, 0.717) is 12.0 Å². The summed E-state index contributed by atoms with van der Waals surface area (Å²) in [6, 6.07) is 0. The van der Waals surface area contributed by atoms with Crippen LogP contribution in [0.2, 0.25) is 0 Å². The first-order valence-corrected chi connectivity index (χ1v) is 7.39. The minimum atomic E-state index is 0.220. The highest BCUT2D eigenvalue weighted by Crippen LogP contribution is 2.28. The fraction of sp³-hybridized carbons (Fsp3) is 0.929. The van der Waals surface area contributed by atoms with Crippen molar-refractivity contribution in [2.24, 2.45) is 17.6 Å². The van der Waals surface area contributed by atoms with E-state index in [2.05, 4.69) is 5.32 Å². The molecule has 1 unspecified atom stereocenters. The SMILES string of the molecule is NCC1CCC(C(=O)NCCC2CCCO2)CC1. The zero-order valence-electron chi connectivity index (χ0n) is 11.2. The zero-order valence-corrected chi connectivity index (χ0v) is 11.2. The molecule has 3 N–H and O–H groups in total. The van der Waals surface area contributed by atoms with Crippen LogP contribution < -0.4 is 11.1 Å². The summed E-state index contributed by atoms with van der Waals surface area (Å²) in [5, 5.41) is 3.06. The van der Waals surface area contributed by atoms with Crippen LogP contribution in [-0.4, -0.2) is 31.7 Å². The van der Waals surface area contributed by atoms with Gasteiger partial charge in [-0.05, 0) is 57.4 Å². The van der Waals surface area contributed by atoms with Gasteiger partial charge in [0, 0.05) is 19.1 Å². The molecule has 18 heavy (non-hydrogen) atoms. The number of hydrogen-bond acceptors (Lipinski definition) is 3. The van der Waals surface area contributed by atoms with Gasteiger partial charge >= 0.3 is 0 Å². The predicted molar refractivity (Wildman–Crippen MR) is 71.1 cm³/mol. The maximum atomic E-state index is 12.0. The van der Waals surface area contributed by atoms with Gasteiger partial charge in [0.2, 0.25) is 5.91 Å². The van der Waals surface area contributed by atoms with E-state index in [1.165, 1.54) is 6.42 Å². The maximum absolute atomic E-state index is 12.0. The number of hydrogen-bond donors (Lipinski definition) is 2. The molecule has 1 saturated carbocycles. The predicted octanol–water partition coefficient (Wildman–Crippen LogP) is 1.44. The first kappa shape index (κ1) is 13.8. The Kier molecular flexibility index (Phi) is 5.45. The lowest BCUT2D eigenvalue weighted by Crippen LogP contribution is -2.35. The van der Waals surface area contributed by atoms with Crippen molar-refractivity contribution in [2.45, 2.75) is 51.0 Å². The molecule has 0 radical (unpaired) electrons. The summed E-state index contributed by atoms with van der Waals surface area (Å²) in [7, 11) is 0. The molecule has 2 rings (SSSR count). The van der Waals surface area contributed by atoms with Crippen LogP contribution in [-0.2, 0) is 9.53 Å². The van der Waals surface area contributed by atoms with Gasteiger partial charge in [-0.3, -0.25) is 4.79 Å². The Hall–Kier alpha value is -0.610. The summed E-state index contributed by atoms with van der Waals surface area (Å²) in [5.74, 6) is 1.10. The number of carbonyl (C=O) groups excluding carboxylic acids is 1. The van der Waals surface area contributed by atoms with Crippen LogP contribution in [0.25, 0.3) is 0 Å². The molecule has 0 spiro atoms. The van der Waals surface area contributed by atoms with Crippen LogP contribution in [0, 0.1) is 11.8 Å². The molecule has 1 atom stereocenters. The Morgan fingerprint density at radius 1 is 1.22 bits per heavy atom. The minimum Gasteiger partial charge on any atom is -0.378 e. The molecule has 4 heteroatoms. The normalized spacial score (nSPS) is 32.4. The van der Waals surface area contributed by atoms with E-state index in [-0.39, 0.29) is 11.8 Å². The summed E-state index contributed by atoms with van der Waals surface area (Å²) >= 11 is 0. The highest BCUT2D eigenvalue weighted by Gasteiger charge is 2.25. The Morgan fingerprint density at radius 2 is 2.00 bits per heavy atom. The highest BCUT2D eigenvalue weighted by atomic mass is 16.5. The van der Waals surface area contributed by atoms with Crippen molar-refractivity contribution >= 4 is 5.91 Å². The summed E-state index contributed by atoms with van der Waals surface area (Å²) in [6.45, 7) is 2.43. The lowest BCUT2D eigenvalue weighted by Gasteiger charge is -2.26. The number of amides is 1. The minimum absolute atomic E-state index is 0.220. The lowest BCUT2D eigenvalue weighted by atomic mass is 9.81. The molecule has 4 nitrogen and oxygen atoms in total. The molecule has 2 fully saturated rings. The molecule has 1 aliphatic carbocycles. The molecule has 1 saturated heterocycles. The van der Waals surface area contributed by atoms with E-state index in [1.54, 1.807) is 0 Å². The monoisotopic (exact) mass is 254 g/mol. The van der Waals surface area contributed by atoms with Crippen LogP contribution in [0.1, 0.15) is 44.9 Å². The first-order chi connectivity index (χ1) is 8.79. The van der Waals surface area contributed by atoms with Gasteiger partial charge in [-0.2, -0.15) is 0 Å². The third-order valence-electron chi connectivity index (χ3n) is 4.34. The molecule has 0 aromatic carbocycles. The molecule has 1 aliphatic heterocycles. The average molecular weight is 254 g/mol. The van der Waals surface area contributed by atoms with Crippen molar-refractivity contribution in [1.29, 1.82) is 0 Å². The van der Waals surface area contributed by atoms with E-state index in [9.17, 15) is 4.79 Å². The second-order valence-electron chi connectivity index (χ2n) is 5.67. The largest absolute Gasteiger partial charge is 0.378 e. The summed E-state index contributed by atoms with van der Waals surface area (Å²) in [6.07, 6.45) is 7.89. The summed E-state index contributed by atoms with van der Waals surface area (Å²) < 4.78 is 5.54. The topological polar surface area (TPSA) is 64.4 Å². The van der Waals surface area contributed by atoms with Gasteiger partial charge in [0.15, 0.2) is 0 Å². The number of rotatable bonds is 5. The van der Waals surface area contributed by atoms with Crippen molar-refractivity contribution < 1.29 is 9.53 Å². The Morgan fingerprint density at radius 3 is 2.61 bits per heavy atom. The van der Waals surface area contributed by atoms with Crippen LogP contribution in [0.4, 0.5) is 0 Å². The van der Waals surface area contributed by atoms with E-state index in [1.807, 2.05) is 0 Å². The molecule has 0 aromatic heterocycles. The van der Waals surface area contributed by atoms with Crippen molar-refractivity contribution in [2.75, 3.05) is 19.7 Å². The number of ether oxygens (including phenoxy) is 1. The fourth-order valence-electron chi connectivity index (χ4n) is 3.03. The Labute approximate surface area is 110 Å². The maximum Gasteiger partial charge on any atom is 0.223 e. The molecule has 0 aromatic rings. The second kappa shape index (κ2) is 7.10. The van der Waals surface area contributed by atoms with Crippen LogP contribution in [0.3, 0.4) is 0 Å². The van der Waals surface area contributed by atoms with Gasteiger partial charge in [0.05, 0.1) is 6.10 Å². The molecule has 104 valence electrons. The number of carbonyl (C=O) groups is 1. The fourth-order valence-corrected chi connectivity index (χ4v) is 3.03. The van der Waals surface area contributed by atoms with Gasteiger partial charge in [0.1, 0.15) is 0 Å². The van der Waals surface area contributed by atoms with Crippen LogP contribution in [0.5, 0.6) is 0 Å². The van der Waals surface area contributed by atoms with Gasteiger partial charge in [-0.25, -0.2) is 0 Å². The number of nitrogens with one attached hydrogen (secondary N) is 1. The molecule has 0 bridgehead atoms. The van der Waals surface area contributed by atoms with Crippen molar-refractivity contribution in [1.82, 2.24) is 5.32 Å². The quantitative estimate of drug-likeness (QED) is 0.780. The van der Waals surface area contributed by atoms with E-state index < -0.39 is 0 Å². The third-order valence-corrected chi connectivity index (χ3v) is 4.34. The van der Waals surface area contributed by atoms with Gasteiger partial charge in [0.25, 0.3) is 0 Å². The molecular formula is C14H26N2O2. The number of nitrogens with two attached hydrogens (primary N) is 1. The van der Waals surface area contributed by atoms with Gasteiger partial charge in [-0.1, -0.05) is 0 Å². The zero-order chi connectivity index (χ0) is 12.8. The van der Waals surface area contributed by atoms with Crippen LogP contribution >= 0.6 is 0 Å². The molecule has 1 heterocycles. The Bertz CT molecular complexity index is 257. The third kappa shape index (κ3) is 3.95. The molecule has 2 aliphatic rings. The second-order valence-corrected chi connectivity index (χ2v) is 5.67. The van der Waals surface area contributed by atoms with Crippen molar-refractivity contribution in [3.63, 3.8) is 0 Å². The van der Waals surface area contributed by atoms with E-state index >= 15 is 0 Å². The smallest absolute Gasteiger partial charge is 0.223 e. The first-order valence-electron chi connectivity index (χ1n) is 7.39. The van der Waals surface area contributed by atoms with E-state index in [0.717, 1.165) is 58.2 Å². The highest BCUT2D eigenvalue weighted by molar-refractivity contribution is 5.78. The summed E-state index contributed by atoms with van der Waals surface area (Å²) in [5.41, 5.74) is 5.66. The molecular weight excluding hydrogens is 228 g/mol. The van der Waals surface area contributed by atoms with Crippen LogP contribution in [0.15, 0.2) is 0 Å². The van der Waals surface area contributed by atoms with Gasteiger partial charge < -0.3 is 15.8 Å². The Balaban J connectivity index is 1.59. The van der Waals surface area contributed by atoms with Crippen molar-refractivity contribution in [3.05, 3.63) is 0 Å². The lowest BCUT2D eigenvalue weighted by molar-refractivity contribution is -0.126. The molecule has 1 amide bonds. The van der Waals surface area contributed by atoms with Gasteiger partial charge in [-0.15, -0.1) is 0 Å². The average Bonchev–Trinajstić information content (AvgIpc) is 2.92. The standard InChI is InChI=1S/C14H26N2O2/c15-10-11-3-5-12(6-4-11)14(17)16-8-7-13-2-1-9-18-13/h11-13H,1-10,15H2,(H,16,17).